The van der Waals surface area contributed by atoms with Crippen LogP contribution < -0.4 is 4.90 Å². The molecule has 1 aromatic heterocycles. The molecule has 1 saturated carbocycles. The van der Waals surface area contributed by atoms with Gasteiger partial charge in [-0.25, -0.2) is 9.97 Å². The SMILES string of the molecule is Cc1cc(N2CCN(C3=NS(=O)(=O)c4ccccc43)CC2)nc(C2CC2)n1. The van der Waals surface area contributed by atoms with Gasteiger partial charge in [-0.3, -0.25) is 0 Å². The number of anilines is 1. The summed E-state index contributed by atoms with van der Waals surface area (Å²) in [5.74, 6) is 3.04. The van der Waals surface area contributed by atoms with Crippen LogP contribution in [-0.4, -0.2) is 55.3 Å². The molecule has 1 aliphatic carbocycles. The summed E-state index contributed by atoms with van der Waals surface area (Å²) in [4.78, 5) is 14.0. The lowest BCUT2D eigenvalue weighted by Crippen LogP contribution is -2.49. The lowest BCUT2D eigenvalue weighted by Gasteiger charge is -2.36. The summed E-state index contributed by atoms with van der Waals surface area (Å²) in [5, 5.41) is 0. The predicted molar refractivity (Wildman–Crippen MR) is 103 cm³/mol. The standard InChI is InChI=1S/C19H21N5O2S/c1-13-12-17(21-18(20-13)14-6-7-14)23-8-10-24(11-9-23)19-15-4-2-3-5-16(15)27(25,26)22-19/h2-5,12,14H,6-11H2,1H3. The quantitative estimate of drug-likeness (QED) is 0.789. The number of amidine groups is 1. The van der Waals surface area contributed by atoms with E-state index in [1.165, 1.54) is 12.8 Å². The highest BCUT2D eigenvalue weighted by atomic mass is 32.2. The normalized spacial score (nSPS) is 21.1. The molecule has 3 aliphatic rings. The van der Waals surface area contributed by atoms with Gasteiger partial charge in [0.15, 0.2) is 5.84 Å². The molecule has 5 rings (SSSR count). The third-order valence-corrected chi connectivity index (χ3v) is 6.64. The van der Waals surface area contributed by atoms with Gasteiger partial charge < -0.3 is 9.80 Å². The molecular weight excluding hydrogens is 362 g/mol. The van der Waals surface area contributed by atoms with Gasteiger partial charge in [-0.1, -0.05) is 12.1 Å². The van der Waals surface area contributed by atoms with Crippen LogP contribution in [0.4, 0.5) is 5.82 Å². The van der Waals surface area contributed by atoms with Crippen LogP contribution in [0.15, 0.2) is 39.6 Å². The summed E-state index contributed by atoms with van der Waals surface area (Å²) in [6.07, 6.45) is 2.37. The van der Waals surface area contributed by atoms with Crippen molar-refractivity contribution >= 4 is 21.7 Å². The average molecular weight is 383 g/mol. The summed E-state index contributed by atoms with van der Waals surface area (Å²) in [5.41, 5.74) is 1.71. The minimum absolute atomic E-state index is 0.308. The number of piperazine rings is 1. The number of aryl methyl sites for hydroxylation is 1. The molecule has 1 aromatic carbocycles. The number of hydrogen-bond donors (Lipinski definition) is 0. The molecule has 0 atom stereocenters. The van der Waals surface area contributed by atoms with Gasteiger partial charge in [0.1, 0.15) is 16.5 Å². The molecule has 7 nitrogen and oxygen atoms in total. The zero-order chi connectivity index (χ0) is 18.6. The molecular formula is C19H21N5O2S. The van der Waals surface area contributed by atoms with Crippen molar-refractivity contribution in [1.82, 2.24) is 14.9 Å². The van der Waals surface area contributed by atoms with Gasteiger partial charge in [-0.2, -0.15) is 8.42 Å². The molecule has 0 radical (unpaired) electrons. The molecule has 2 aliphatic heterocycles. The maximum atomic E-state index is 12.3. The first-order valence-corrected chi connectivity index (χ1v) is 10.8. The topological polar surface area (TPSA) is 78.8 Å². The zero-order valence-electron chi connectivity index (χ0n) is 15.2. The Hall–Kier alpha value is -2.48. The van der Waals surface area contributed by atoms with Gasteiger partial charge in [-0.15, -0.1) is 4.40 Å². The van der Waals surface area contributed by atoms with Gasteiger partial charge in [-0.05, 0) is 31.9 Å². The van der Waals surface area contributed by atoms with Crippen LogP contribution in [0, 0.1) is 6.92 Å². The summed E-state index contributed by atoms with van der Waals surface area (Å²) in [6, 6.07) is 9.09. The second-order valence-corrected chi connectivity index (χ2v) is 8.93. The van der Waals surface area contributed by atoms with E-state index in [-0.39, 0.29) is 0 Å². The molecule has 0 amide bonds. The molecule has 1 saturated heterocycles. The van der Waals surface area contributed by atoms with Crippen molar-refractivity contribution in [2.24, 2.45) is 4.40 Å². The second kappa shape index (κ2) is 6.02. The fraction of sp³-hybridized carbons (Fsp3) is 0.421. The Morgan fingerprint density at radius 1 is 1.00 bits per heavy atom. The van der Waals surface area contributed by atoms with Crippen molar-refractivity contribution in [1.29, 1.82) is 0 Å². The van der Waals surface area contributed by atoms with Crippen LogP contribution in [0.25, 0.3) is 0 Å². The highest BCUT2D eigenvalue weighted by Crippen LogP contribution is 2.38. The molecule has 0 spiro atoms. The molecule has 2 fully saturated rings. The van der Waals surface area contributed by atoms with Crippen LogP contribution in [0.2, 0.25) is 0 Å². The van der Waals surface area contributed by atoms with Gasteiger partial charge in [0.05, 0.1) is 0 Å². The number of hydrogen-bond acceptors (Lipinski definition) is 6. The number of nitrogens with zero attached hydrogens (tertiary/aromatic N) is 5. The van der Waals surface area contributed by atoms with Crippen molar-refractivity contribution in [3.63, 3.8) is 0 Å². The predicted octanol–water partition coefficient (Wildman–Crippen LogP) is 1.93. The lowest BCUT2D eigenvalue weighted by molar-refractivity contribution is 0.385. The van der Waals surface area contributed by atoms with Gasteiger partial charge in [0.25, 0.3) is 10.0 Å². The van der Waals surface area contributed by atoms with E-state index in [1.54, 1.807) is 12.1 Å². The number of sulfonamides is 1. The summed E-state index contributed by atoms with van der Waals surface area (Å²) in [7, 11) is -3.57. The third kappa shape index (κ3) is 2.97. The highest BCUT2D eigenvalue weighted by molar-refractivity contribution is 7.90. The first kappa shape index (κ1) is 16.7. The number of benzene rings is 1. The zero-order valence-corrected chi connectivity index (χ0v) is 16.0. The first-order chi connectivity index (χ1) is 13.0. The summed E-state index contributed by atoms with van der Waals surface area (Å²) in [6.45, 7) is 5.00. The van der Waals surface area contributed by atoms with E-state index in [0.717, 1.165) is 30.4 Å². The summed E-state index contributed by atoms with van der Waals surface area (Å²) < 4.78 is 28.6. The summed E-state index contributed by atoms with van der Waals surface area (Å²) >= 11 is 0. The Morgan fingerprint density at radius 3 is 2.44 bits per heavy atom. The van der Waals surface area contributed by atoms with Crippen LogP contribution in [0.5, 0.6) is 0 Å². The number of fused-ring (bicyclic) bond motifs is 1. The van der Waals surface area contributed by atoms with Gasteiger partial charge >= 0.3 is 0 Å². The third-order valence-electron chi connectivity index (χ3n) is 5.32. The molecule has 0 N–H and O–H groups in total. The molecule has 140 valence electrons. The molecule has 8 heteroatoms. The van der Waals surface area contributed by atoms with E-state index in [1.807, 2.05) is 25.1 Å². The van der Waals surface area contributed by atoms with E-state index in [2.05, 4.69) is 19.2 Å². The van der Waals surface area contributed by atoms with Crippen molar-refractivity contribution in [2.45, 2.75) is 30.6 Å². The molecule has 0 unspecified atom stereocenters. The van der Waals surface area contributed by atoms with E-state index < -0.39 is 10.0 Å². The van der Waals surface area contributed by atoms with E-state index in [4.69, 9.17) is 4.98 Å². The van der Waals surface area contributed by atoms with Gasteiger partial charge in [0.2, 0.25) is 0 Å². The monoisotopic (exact) mass is 383 g/mol. The van der Waals surface area contributed by atoms with Crippen molar-refractivity contribution in [2.75, 3.05) is 31.1 Å². The van der Waals surface area contributed by atoms with Crippen LogP contribution in [0.1, 0.15) is 35.8 Å². The maximum absolute atomic E-state index is 12.3. The Morgan fingerprint density at radius 2 is 1.70 bits per heavy atom. The number of rotatable bonds is 2. The van der Waals surface area contributed by atoms with Crippen LogP contribution in [-0.2, 0) is 10.0 Å². The molecule has 27 heavy (non-hydrogen) atoms. The molecule has 2 aromatic rings. The van der Waals surface area contributed by atoms with Crippen molar-refractivity contribution in [3.05, 3.63) is 47.4 Å². The van der Waals surface area contributed by atoms with E-state index in [0.29, 0.717) is 35.3 Å². The molecule has 0 bridgehead atoms. The first-order valence-electron chi connectivity index (χ1n) is 9.31. The number of aromatic nitrogens is 2. The van der Waals surface area contributed by atoms with Crippen molar-refractivity contribution in [3.8, 4) is 0 Å². The highest BCUT2D eigenvalue weighted by Gasteiger charge is 2.33. The Labute approximate surface area is 158 Å². The van der Waals surface area contributed by atoms with Crippen LogP contribution in [0.3, 0.4) is 0 Å². The lowest BCUT2D eigenvalue weighted by atomic mass is 10.1. The van der Waals surface area contributed by atoms with Gasteiger partial charge in [0, 0.05) is 49.4 Å². The fourth-order valence-electron chi connectivity index (χ4n) is 3.72. The Bertz CT molecular complexity index is 1040. The second-order valence-electron chi connectivity index (χ2n) is 7.36. The Kier molecular flexibility index (Phi) is 3.72. The maximum Gasteiger partial charge on any atom is 0.285 e. The van der Waals surface area contributed by atoms with E-state index in [9.17, 15) is 8.42 Å². The van der Waals surface area contributed by atoms with E-state index >= 15 is 0 Å². The van der Waals surface area contributed by atoms with Crippen LogP contribution >= 0.6 is 0 Å². The Balaban J connectivity index is 1.36. The largest absolute Gasteiger partial charge is 0.353 e. The smallest absolute Gasteiger partial charge is 0.285 e. The minimum Gasteiger partial charge on any atom is -0.353 e. The molecule has 3 heterocycles. The average Bonchev–Trinajstić information content (AvgIpc) is 3.48. The van der Waals surface area contributed by atoms with Crippen molar-refractivity contribution < 1.29 is 8.42 Å². The minimum atomic E-state index is -3.57. The fourth-order valence-corrected chi connectivity index (χ4v) is 4.95.